The molecular formula is C22H34O2. The van der Waals surface area contributed by atoms with Gasteiger partial charge in [0.2, 0.25) is 0 Å². The lowest BCUT2D eigenvalue weighted by Crippen LogP contribution is -2.04. The quantitative estimate of drug-likeness (QED) is 0.156. The Morgan fingerprint density at radius 3 is 2.25 bits per heavy atom. The highest BCUT2D eigenvalue weighted by Crippen LogP contribution is 2.08. The number of esters is 1. The SMILES string of the molecule is C#CCCOC(=O)CCCCCCC/C=C\C/C=C\C/C=C\CC. The van der Waals surface area contributed by atoms with Gasteiger partial charge in [0.05, 0.1) is 0 Å². The summed E-state index contributed by atoms with van der Waals surface area (Å²) in [4.78, 5) is 11.3. The van der Waals surface area contributed by atoms with Crippen LogP contribution in [0, 0.1) is 12.3 Å². The van der Waals surface area contributed by atoms with Gasteiger partial charge in [-0.25, -0.2) is 0 Å². The minimum Gasteiger partial charge on any atom is -0.465 e. The van der Waals surface area contributed by atoms with E-state index < -0.39 is 0 Å². The van der Waals surface area contributed by atoms with E-state index in [1.807, 2.05) is 0 Å². The molecule has 0 amide bonds. The highest BCUT2D eigenvalue weighted by Gasteiger charge is 2.01. The molecule has 0 radical (unpaired) electrons. The molecule has 2 heteroatoms. The summed E-state index contributed by atoms with van der Waals surface area (Å²) in [7, 11) is 0. The van der Waals surface area contributed by atoms with E-state index in [1.54, 1.807) is 0 Å². The monoisotopic (exact) mass is 330 g/mol. The summed E-state index contributed by atoms with van der Waals surface area (Å²) in [6.07, 6.45) is 29.5. The van der Waals surface area contributed by atoms with Gasteiger partial charge in [0.15, 0.2) is 0 Å². The van der Waals surface area contributed by atoms with E-state index in [2.05, 4.69) is 49.3 Å². The Bertz CT molecular complexity index is 410. The highest BCUT2D eigenvalue weighted by atomic mass is 16.5. The molecule has 0 rings (SSSR count). The third-order valence-electron chi connectivity index (χ3n) is 3.54. The molecule has 0 bridgehead atoms. The third kappa shape index (κ3) is 18.3. The second kappa shape index (κ2) is 19.3. The molecule has 0 atom stereocenters. The van der Waals surface area contributed by atoms with Gasteiger partial charge in [-0.1, -0.05) is 62.6 Å². The minimum absolute atomic E-state index is 0.119. The fraction of sp³-hybridized carbons (Fsp3) is 0.591. The van der Waals surface area contributed by atoms with E-state index >= 15 is 0 Å². The smallest absolute Gasteiger partial charge is 0.305 e. The largest absolute Gasteiger partial charge is 0.465 e. The summed E-state index contributed by atoms with van der Waals surface area (Å²) >= 11 is 0. The van der Waals surface area contributed by atoms with Crippen molar-refractivity contribution in [2.75, 3.05) is 6.61 Å². The average Bonchev–Trinajstić information content (AvgIpc) is 2.58. The lowest BCUT2D eigenvalue weighted by atomic mass is 10.1. The summed E-state index contributed by atoms with van der Waals surface area (Å²) in [5, 5.41) is 0. The predicted molar refractivity (Wildman–Crippen MR) is 104 cm³/mol. The van der Waals surface area contributed by atoms with Crippen molar-refractivity contribution in [3.63, 3.8) is 0 Å². The van der Waals surface area contributed by atoms with Crippen molar-refractivity contribution >= 4 is 5.97 Å². The van der Waals surface area contributed by atoms with Crippen LogP contribution in [0.2, 0.25) is 0 Å². The van der Waals surface area contributed by atoms with Crippen molar-refractivity contribution in [1.82, 2.24) is 0 Å². The van der Waals surface area contributed by atoms with Gasteiger partial charge in [-0.3, -0.25) is 4.79 Å². The van der Waals surface area contributed by atoms with Crippen LogP contribution in [-0.4, -0.2) is 12.6 Å². The molecule has 0 N–H and O–H groups in total. The number of hydrogen-bond acceptors (Lipinski definition) is 2. The second-order valence-corrected chi connectivity index (χ2v) is 5.77. The van der Waals surface area contributed by atoms with Crippen molar-refractivity contribution in [3.8, 4) is 12.3 Å². The number of rotatable bonds is 15. The molecule has 0 aliphatic rings. The first kappa shape index (κ1) is 22.2. The number of hydrogen-bond donors (Lipinski definition) is 0. The summed E-state index contributed by atoms with van der Waals surface area (Å²) in [5.41, 5.74) is 0. The number of unbranched alkanes of at least 4 members (excludes halogenated alkanes) is 5. The summed E-state index contributed by atoms with van der Waals surface area (Å²) in [6, 6.07) is 0. The highest BCUT2D eigenvalue weighted by molar-refractivity contribution is 5.69. The van der Waals surface area contributed by atoms with Gasteiger partial charge in [0.1, 0.15) is 6.61 Å². The number of terminal acetylenes is 1. The van der Waals surface area contributed by atoms with E-state index in [4.69, 9.17) is 11.2 Å². The normalized spacial score (nSPS) is 11.5. The van der Waals surface area contributed by atoms with Crippen LogP contribution in [0.1, 0.15) is 77.6 Å². The first-order valence-electron chi connectivity index (χ1n) is 9.35. The number of allylic oxidation sites excluding steroid dienone is 6. The Morgan fingerprint density at radius 2 is 1.54 bits per heavy atom. The summed E-state index contributed by atoms with van der Waals surface area (Å²) in [5.74, 6) is 2.34. The van der Waals surface area contributed by atoms with Gasteiger partial charge < -0.3 is 4.74 Å². The van der Waals surface area contributed by atoms with E-state index in [1.165, 1.54) is 19.3 Å². The predicted octanol–water partition coefficient (Wildman–Crippen LogP) is 6.14. The van der Waals surface area contributed by atoms with Crippen molar-refractivity contribution < 1.29 is 9.53 Å². The van der Waals surface area contributed by atoms with Crippen LogP contribution in [0.25, 0.3) is 0 Å². The van der Waals surface area contributed by atoms with Crippen LogP contribution in [0.5, 0.6) is 0 Å². The number of ether oxygens (including phenoxy) is 1. The Kier molecular flexibility index (Phi) is 17.9. The maximum absolute atomic E-state index is 11.3. The molecule has 0 aromatic carbocycles. The van der Waals surface area contributed by atoms with Gasteiger partial charge in [0, 0.05) is 12.8 Å². The van der Waals surface area contributed by atoms with E-state index in [9.17, 15) is 4.79 Å². The molecule has 2 nitrogen and oxygen atoms in total. The van der Waals surface area contributed by atoms with Crippen molar-refractivity contribution in [3.05, 3.63) is 36.5 Å². The minimum atomic E-state index is -0.119. The zero-order chi connectivity index (χ0) is 17.7. The fourth-order valence-corrected chi connectivity index (χ4v) is 2.18. The molecule has 0 aliphatic heterocycles. The molecule has 0 fully saturated rings. The number of carbonyl (C=O) groups is 1. The first-order chi connectivity index (χ1) is 11.8. The Morgan fingerprint density at radius 1 is 0.917 bits per heavy atom. The molecule has 0 unspecified atom stereocenters. The van der Waals surface area contributed by atoms with Crippen LogP contribution in [0.15, 0.2) is 36.5 Å². The zero-order valence-corrected chi connectivity index (χ0v) is 15.3. The molecule has 0 spiro atoms. The molecule has 0 heterocycles. The second-order valence-electron chi connectivity index (χ2n) is 5.77. The van der Waals surface area contributed by atoms with Crippen molar-refractivity contribution in [1.29, 1.82) is 0 Å². The molecule has 134 valence electrons. The molecule has 0 aromatic rings. The Hall–Kier alpha value is -1.75. The van der Waals surface area contributed by atoms with Crippen molar-refractivity contribution in [2.45, 2.75) is 77.6 Å². The van der Waals surface area contributed by atoms with E-state index in [-0.39, 0.29) is 5.97 Å². The summed E-state index contributed by atoms with van der Waals surface area (Å²) < 4.78 is 5.00. The van der Waals surface area contributed by atoms with Gasteiger partial charge in [-0.05, 0) is 38.5 Å². The van der Waals surface area contributed by atoms with Crippen LogP contribution in [-0.2, 0) is 9.53 Å². The van der Waals surface area contributed by atoms with Crippen molar-refractivity contribution in [2.24, 2.45) is 0 Å². The standard InChI is InChI=1S/C22H34O2/c1-3-5-7-8-9-10-11-12-13-14-15-16-17-18-19-20-22(23)24-21-6-4-2/h2,5,7,9-10,12-13H,3,6,8,11,14-21H2,1H3/b7-5-,10-9-,13-12-. The molecule has 24 heavy (non-hydrogen) atoms. The van der Waals surface area contributed by atoms with E-state index in [0.29, 0.717) is 19.4 Å². The van der Waals surface area contributed by atoms with Crippen LogP contribution >= 0.6 is 0 Å². The van der Waals surface area contributed by atoms with Gasteiger partial charge in [-0.2, -0.15) is 0 Å². The molecule has 0 aliphatic carbocycles. The molecule has 0 saturated heterocycles. The lowest BCUT2D eigenvalue weighted by molar-refractivity contribution is -0.143. The number of carbonyl (C=O) groups excluding carboxylic acids is 1. The topological polar surface area (TPSA) is 26.3 Å². The fourth-order valence-electron chi connectivity index (χ4n) is 2.18. The molecule has 0 saturated carbocycles. The average molecular weight is 331 g/mol. The Balaban J connectivity index is 3.30. The van der Waals surface area contributed by atoms with Crippen LogP contribution in [0.3, 0.4) is 0 Å². The maximum Gasteiger partial charge on any atom is 0.305 e. The van der Waals surface area contributed by atoms with Gasteiger partial charge in [0.25, 0.3) is 0 Å². The zero-order valence-electron chi connectivity index (χ0n) is 15.3. The van der Waals surface area contributed by atoms with E-state index in [0.717, 1.165) is 38.5 Å². The molecular weight excluding hydrogens is 296 g/mol. The first-order valence-corrected chi connectivity index (χ1v) is 9.35. The third-order valence-corrected chi connectivity index (χ3v) is 3.54. The van der Waals surface area contributed by atoms with Gasteiger partial charge >= 0.3 is 5.97 Å². The van der Waals surface area contributed by atoms with Crippen LogP contribution in [0.4, 0.5) is 0 Å². The summed E-state index contributed by atoms with van der Waals surface area (Å²) in [6.45, 7) is 2.51. The molecule has 0 aromatic heterocycles. The van der Waals surface area contributed by atoms with Gasteiger partial charge in [-0.15, -0.1) is 12.3 Å². The maximum atomic E-state index is 11.3. The lowest BCUT2D eigenvalue weighted by Gasteiger charge is -2.02. The Labute approximate surface area is 149 Å². The van der Waals surface area contributed by atoms with Crippen LogP contribution < -0.4 is 0 Å².